The van der Waals surface area contributed by atoms with E-state index in [1.54, 1.807) is 12.4 Å². The van der Waals surface area contributed by atoms with Gasteiger partial charge in [0.1, 0.15) is 0 Å². The Morgan fingerprint density at radius 1 is 1.19 bits per heavy atom. The minimum absolute atomic E-state index is 0.543. The Labute approximate surface area is 127 Å². The van der Waals surface area contributed by atoms with E-state index in [2.05, 4.69) is 42.6 Å². The first-order valence-electron chi connectivity index (χ1n) is 8.07. The van der Waals surface area contributed by atoms with Gasteiger partial charge < -0.3 is 9.64 Å². The van der Waals surface area contributed by atoms with E-state index in [1.807, 2.05) is 0 Å². The minimum atomic E-state index is 0.543. The van der Waals surface area contributed by atoms with Crippen molar-refractivity contribution in [3.63, 3.8) is 0 Å². The maximum absolute atomic E-state index is 5.66. The van der Waals surface area contributed by atoms with Crippen molar-refractivity contribution < 1.29 is 4.74 Å². The molecular formula is C17H27N3O. The van der Waals surface area contributed by atoms with Crippen LogP contribution in [0.1, 0.15) is 47.0 Å². The van der Waals surface area contributed by atoms with Crippen LogP contribution in [0.3, 0.4) is 0 Å². The fourth-order valence-electron chi connectivity index (χ4n) is 4.07. The summed E-state index contributed by atoms with van der Waals surface area (Å²) in [5.74, 6) is 2.29. The van der Waals surface area contributed by atoms with Gasteiger partial charge in [-0.25, -0.2) is 9.97 Å². The van der Waals surface area contributed by atoms with Crippen molar-refractivity contribution in [2.45, 2.75) is 47.0 Å². The van der Waals surface area contributed by atoms with Gasteiger partial charge in [0.15, 0.2) is 5.75 Å². The second-order valence-electron chi connectivity index (χ2n) is 8.12. The fraction of sp³-hybridized carbons (Fsp3) is 0.765. The topological polar surface area (TPSA) is 38.2 Å². The third-order valence-electron chi connectivity index (χ3n) is 4.62. The molecule has 0 amide bonds. The number of hydrogen-bond donors (Lipinski definition) is 0. The molecule has 1 saturated carbocycles. The van der Waals surface area contributed by atoms with E-state index in [4.69, 9.17) is 4.74 Å². The van der Waals surface area contributed by atoms with Gasteiger partial charge in [0.2, 0.25) is 5.95 Å². The number of rotatable bonds is 5. The Kier molecular flexibility index (Phi) is 3.58. The molecule has 116 valence electrons. The van der Waals surface area contributed by atoms with Crippen molar-refractivity contribution in [1.82, 2.24) is 9.97 Å². The monoisotopic (exact) mass is 289 g/mol. The summed E-state index contributed by atoms with van der Waals surface area (Å²) in [6.07, 6.45) is 7.35. The lowest BCUT2D eigenvalue weighted by molar-refractivity contribution is -0.0365. The summed E-state index contributed by atoms with van der Waals surface area (Å²) in [4.78, 5) is 11.2. The van der Waals surface area contributed by atoms with Gasteiger partial charge in [-0.05, 0) is 30.6 Å². The minimum Gasteiger partial charge on any atom is -0.490 e. The molecule has 2 aliphatic rings. The van der Waals surface area contributed by atoms with Gasteiger partial charge in [-0.1, -0.05) is 27.7 Å². The largest absolute Gasteiger partial charge is 0.490 e. The lowest BCUT2D eigenvalue weighted by atomic mass is 9.51. The smallest absolute Gasteiger partial charge is 0.225 e. The number of anilines is 1. The molecule has 1 saturated heterocycles. The van der Waals surface area contributed by atoms with Gasteiger partial charge in [-0.3, -0.25) is 0 Å². The SMILES string of the molecule is CC(C)CCOc1cnc(N2CC3(C2)CC(C)(C)C3)nc1. The van der Waals surface area contributed by atoms with Crippen LogP contribution in [0.15, 0.2) is 12.4 Å². The van der Waals surface area contributed by atoms with Crippen molar-refractivity contribution >= 4 is 5.95 Å². The van der Waals surface area contributed by atoms with Gasteiger partial charge in [0.25, 0.3) is 0 Å². The highest BCUT2D eigenvalue weighted by Crippen LogP contribution is 2.58. The van der Waals surface area contributed by atoms with E-state index < -0.39 is 0 Å². The summed E-state index contributed by atoms with van der Waals surface area (Å²) in [5, 5.41) is 0. The molecular weight excluding hydrogens is 262 g/mol. The average Bonchev–Trinajstić information content (AvgIpc) is 2.33. The Morgan fingerprint density at radius 2 is 1.81 bits per heavy atom. The molecule has 0 unspecified atom stereocenters. The van der Waals surface area contributed by atoms with Crippen molar-refractivity contribution in [1.29, 1.82) is 0 Å². The molecule has 4 nitrogen and oxygen atoms in total. The van der Waals surface area contributed by atoms with Gasteiger partial charge >= 0.3 is 0 Å². The van der Waals surface area contributed by atoms with Gasteiger partial charge in [0.05, 0.1) is 19.0 Å². The lowest BCUT2D eigenvalue weighted by Gasteiger charge is -2.62. The Hall–Kier alpha value is -1.32. The van der Waals surface area contributed by atoms with Crippen molar-refractivity contribution in [2.24, 2.45) is 16.7 Å². The highest BCUT2D eigenvalue weighted by molar-refractivity contribution is 5.38. The van der Waals surface area contributed by atoms with Gasteiger partial charge in [0, 0.05) is 18.5 Å². The van der Waals surface area contributed by atoms with Crippen molar-refractivity contribution in [2.75, 3.05) is 24.6 Å². The van der Waals surface area contributed by atoms with Crippen molar-refractivity contribution in [3.8, 4) is 5.75 Å². The Bertz CT molecular complexity index is 479. The molecule has 1 aliphatic carbocycles. The predicted molar refractivity (Wildman–Crippen MR) is 84.6 cm³/mol. The molecule has 2 fully saturated rings. The molecule has 4 heteroatoms. The van der Waals surface area contributed by atoms with Crippen LogP contribution in [0, 0.1) is 16.7 Å². The summed E-state index contributed by atoms with van der Waals surface area (Å²) in [6.45, 7) is 12.1. The number of ether oxygens (including phenoxy) is 1. The molecule has 2 heterocycles. The molecule has 3 rings (SSSR count). The molecule has 1 aromatic heterocycles. The molecule has 1 spiro atoms. The van der Waals surface area contributed by atoms with Crippen LogP contribution in [0.25, 0.3) is 0 Å². The molecule has 21 heavy (non-hydrogen) atoms. The second-order valence-corrected chi connectivity index (χ2v) is 8.12. The zero-order valence-corrected chi connectivity index (χ0v) is 13.7. The first-order chi connectivity index (χ1) is 9.88. The van der Waals surface area contributed by atoms with Crippen LogP contribution < -0.4 is 9.64 Å². The number of hydrogen-bond acceptors (Lipinski definition) is 4. The molecule has 0 N–H and O–H groups in total. The Morgan fingerprint density at radius 3 is 2.33 bits per heavy atom. The molecule has 1 aromatic rings. The van der Waals surface area contributed by atoms with E-state index in [9.17, 15) is 0 Å². The maximum Gasteiger partial charge on any atom is 0.225 e. The van der Waals surface area contributed by atoms with Crippen molar-refractivity contribution in [3.05, 3.63) is 12.4 Å². The quantitative estimate of drug-likeness (QED) is 0.831. The van der Waals surface area contributed by atoms with E-state index >= 15 is 0 Å². The summed E-state index contributed by atoms with van der Waals surface area (Å²) >= 11 is 0. The normalized spacial score (nSPS) is 22.0. The maximum atomic E-state index is 5.66. The summed E-state index contributed by atoms with van der Waals surface area (Å²) in [7, 11) is 0. The standard InChI is InChI=1S/C17H27N3O/c1-13(2)5-6-21-14-7-18-15(19-8-14)20-11-17(12-20)9-16(3,4)10-17/h7-8,13H,5-6,9-12H2,1-4H3. The Balaban J connectivity index is 1.48. The van der Waals surface area contributed by atoms with E-state index in [1.165, 1.54) is 12.8 Å². The van der Waals surface area contributed by atoms with Crippen LogP contribution in [-0.4, -0.2) is 29.7 Å². The summed E-state index contributed by atoms with van der Waals surface area (Å²) in [5.41, 5.74) is 1.10. The third-order valence-corrected chi connectivity index (χ3v) is 4.62. The first-order valence-corrected chi connectivity index (χ1v) is 8.07. The van der Waals surface area contributed by atoms with Gasteiger partial charge in [-0.15, -0.1) is 0 Å². The summed E-state index contributed by atoms with van der Waals surface area (Å²) < 4.78 is 5.66. The van der Waals surface area contributed by atoms with Crippen LogP contribution in [0.4, 0.5) is 5.95 Å². The molecule has 0 aromatic carbocycles. The van der Waals surface area contributed by atoms with Crippen LogP contribution in [0.5, 0.6) is 5.75 Å². The fourth-order valence-corrected chi connectivity index (χ4v) is 4.07. The lowest BCUT2D eigenvalue weighted by Crippen LogP contribution is -2.64. The van der Waals surface area contributed by atoms with Crippen LogP contribution in [0.2, 0.25) is 0 Å². The third kappa shape index (κ3) is 3.14. The van der Waals surface area contributed by atoms with E-state index in [-0.39, 0.29) is 0 Å². The average molecular weight is 289 g/mol. The summed E-state index contributed by atoms with van der Waals surface area (Å²) in [6, 6.07) is 0. The predicted octanol–water partition coefficient (Wildman–Crippen LogP) is 3.53. The first kappa shape index (κ1) is 14.6. The molecule has 0 bridgehead atoms. The van der Waals surface area contributed by atoms with Crippen LogP contribution in [-0.2, 0) is 0 Å². The zero-order valence-electron chi connectivity index (χ0n) is 13.7. The van der Waals surface area contributed by atoms with E-state index in [0.717, 1.165) is 37.8 Å². The molecule has 1 aliphatic heterocycles. The van der Waals surface area contributed by atoms with Crippen LogP contribution >= 0.6 is 0 Å². The number of nitrogens with zero attached hydrogens (tertiary/aromatic N) is 3. The molecule has 0 atom stereocenters. The highest BCUT2D eigenvalue weighted by atomic mass is 16.5. The number of aromatic nitrogens is 2. The second kappa shape index (κ2) is 5.15. The molecule has 0 radical (unpaired) electrons. The van der Waals surface area contributed by atoms with Gasteiger partial charge in [-0.2, -0.15) is 0 Å². The zero-order chi connectivity index (χ0) is 15.1. The highest BCUT2D eigenvalue weighted by Gasteiger charge is 2.56. The van der Waals surface area contributed by atoms with E-state index in [0.29, 0.717) is 16.7 Å².